The molecule has 1 aromatic heterocycles. The summed E-state index contributed by atoms with van der Waals surface area (Å²) in [6.07, 6.45) is 5.60. The van der Waals surface area contributed by atoms with Crippen LogP contribution in [0.25, 0.3) is 0 Å². The van der Waals surface area contributed by atoms with Crippen LogP contribution in [0.2, 0.25) is 0 Å². The van der Waals surface area contributed by atoms with Gasteiger partial charge in [0.1, 0.15) is 6.26 Å². The van der Waals surface area contributed by atoms with Gasteiger partial charge in [-0.3, -0.25) is 0 Å². The van der Waals surface area contributed by atoms with Crippen LogP contribution in [0.5, 0.6) is 0 Å². The van der Waals surface area contributed by atoms with Crippen molar-refractivity contribution in [1.29, 1.82) is 0 Å². The predicted octanol–water partition coefficient (Wildman–Crippen LogP) is 1.41. The van der Waals surface area contributed by atoms with E-state index in [9.17, 15) is 0 Å². The number of likely N-dealkylation sites (tertiary alicyclic amines) is 1. The van der Waals surface area contributed by atoms with E-state index in [-0.39, 0.29) is 6.61 Å². The first-order valence-electron chi connectivity index (χ1n) is 6.03. The number of hydrogen-bond acceptors (Lipinski definition) is 4. The Bertz CT molecular complexity index is 317. The van der Waals surface area contributed by atoms with Gasteiger partial charge < -0.3 is 14.4 Å². The molecule has 0 aliphatic carbocycles. The normalized spacial score (nSPS) is 19.1. The smallest absolute Gasteiger partial charge is 0.194 e. The van der Waals surface area contributed by atoms with E-state index in [2.05, 4.69) is 16.9 Å². The summed E-state index contributed by atoms with van der Waals surface area (Å²) >= 11 is 0. The van der Waals surface area contributed by atoms with Crippen LogP contribution >= 0.6 is 0 Å². The van der Waals surface area contributed by atoms with E-state index in [4.69, 9.17) is 9.52 Å². The van der Waals surface area contributed by atoms with Gasteiger partial charge >= 0.3 is 0 Å². The quantitative estimate of drug-likeness (QED) is 0.840. The molecule has 16 heavy (non-hydrogen) atoms. The van der Waals surface area contributed by atoms with Crippen molar-refractivity contribution in [3.8, 4) is 0 Å². The Morgan fingerprint density at radius 1 is 1.50 bits per heavy atom. The van der Waals surface area contributed by atoms with Crippen LogP contribution in [0.3, 0.4) is 0 Å². The molecule has 0 bridgehead atoms. The molecular weight excluding hydrogens is 204 g/mol. The van der Waals surface area contributed by atoms with Crippen LogP contribution in [0, 0.1) is 0 Å². The summed E-state index contributed by atoms with van der Waals surface area (Å²) in [6, 6.07) is 0. The molecule has 90 valence electrons. The maximum atomic E-state index is 8.74. The maximum absolute atomic E-state index is 8.74. The molecule has 0 amide bonds. The standard InChI is InChI=1S/C12H20N2O2/c1-14-6-4-10(5-7-14)11-9-16-12(13-11)3-2-8-15/h9-10,15H,2-8H2,1H3. The zero-order chi connectivity index (χ0) is 11.4. The van der Waals surface area contributed by atoms with E-state index < -0.39 is 0 Å². The number of oxazole rings is 1. The first-order chi connectivity index (χ1) is 7.79. The third kappa shape index (κ3) is 2.83. The van der Waals surface area contributed by atoms with Crippen molar-refractivity contribution in [3.05, 3.63) is 17.8 Å². The zero-order valence-corrected chi connectivity index (χ0v) is 9.85. The van der Waals surface area contributed by atoms with E-state index in [0.717, 1.165) is 37.5 Å². The fourth-order valence-electron chi connectivity index (χ4n) is 2.16. The topological polar surface area (TPSA) is 49.5 Å². The lowest BCUT2D eigenvalue weighted by Crippen LogP contribution is -2.29. The molecule has 0 saturated carbocycles. The molecule has 0 unspecified atom stereocenters. The minimum atomic E-state index is 0.200. The highest BCUT2D eigenvalue weighted by atomic mass is 16.3. The molecule has 1 fully saturated rings. The molecule has 4 nitrogen and oxygen atoms in total. The van der Waals surface area contributed by atoms with Crippen molar-refractivity contribution >= 4 is 0 Å². The number of hydrogen-bond donors (Lipinski definition) is 1. The molecule has 1 aliphatic rings. The highest BCUT2D eigenvalue weighted by Gasteiger charge is 2.21. The summed E-state index contributed by atoms with van der Waals surface area (Å²) in [5, 5.41) is 8.74. The molecular formula is C12H20N2O2. The molecule has 1 aromatic rings. The van der Waals surface area contributed by atoms with Crippen molar-refractivity contribution in [2.45, 2.75) is 31.6 Å². The Kier molecular flexibility index (Phi) is 3.96. The molecule has 1 aliphatic heterocycles. The lowest BCUT2D eigenvalue weighted by atomic mass is 9.94. The van der Waals surface area contributed by atoms with Gasteiger partial charge in [0.05, 0.1) is 5.69 Å². The van der Waals surface area contributed by atoms with E-state index in [1.165, 1.54) is 12.8 Å². The summed E-state index contributed by atoms with van der Waals surface area (Å²) in [7, 11) is 2.16. The third-order valence-corrected chi connectivity index (χ3v) is 3.26. The van der Waals surface area contributed by atoms with Crippen LogP contribution in [0.15, 0.2) is 10.7 Å². The summed E-state index contributed by atoms with van der Waals surface area (Å²) in [5.74, 6) is 1.32. The molecule has 0 spiro atoms. The van der Waals surface area contributed by atoms with Crippen LogP contribution in [-0.2, 0) is 6.42 Å². The zero-order valence-electron chi connectivity index (χ0n) is 9.85. The van der Waals surface area contributed by atoms with Crippen molar-refractivity contribution in [3.63, 3.8) is 0 Å². The number of aliphatic hydroxyl groups excluding tert-OH is 1. The largest absolute Gasteiger partial charge is 0.449 e. The molecule has 2 heterocycles. The second kappa shape index (κ2) is 5.46. The van der Waals surface area contributed by atoms with Gasteiger partial charge in [0.25, 0.3) is 0 Å². The Morgan fingerprint density at radius 2 is 2.25 bits per heavy atom. The Hall–Kier alpha value is -0.870. The summed E-state index contributed by atoms with van der Waals surface area (Å²) in [6.45, 7) is 2.49. The van der Waals surface area contributed by atoms with Crippen molar-refractivity contribution in [2.24, 2.45) is 0 Å². The minimum absolute atomic E-state index is 0.200. The number of rotatable bonds is 4. The Labute approximate surface area is 96.3 Å². The van der Waals surface area contributed by atoms with Crippen LogP contribution in [0.1, 0.15) is 36.8 Å². The summed E-state index contributed by atoms with van der Waals surface area (Å²) in [4.78, 5) is 6.85. The maximum Gasteiger partial charge on any atom is 0.194 e. The number of piperidine rings is 1. The van der Waals surface area contributed by atoms with Crippen LogP contribution in [-0.4, -0.2) is 41.7 Å². The second-order valence-electron chi connectivity index (χ2n) is 4.57. The van der Waals surface area contributed by atoms with E-state index in [0.29, 0.717) is 5.92 Å². The van der Waals surface area contributed by atoms with E-state index in [1.807, 2.05) is 0 Å². The molecule has 0 radical (unpaired) electrons. The lowest BCUT2D eigenvalue weighted by Gasteiger charge is -2.27. The number of aryl methyl sites for hydroxylation is 1. The summed E-state index contributed by atoms with van der Waals surface area (Å²) in [5.41, 5.74) is 1.10. The molecule has 0 aromatic carbocycles. The van der Waals surface area contributed by atoms with E-state index >= 15 is 0 Å². The molecule has 2 rings (SSSR count). The molecule has 0 atom stereocenters. The van der Waals surface area contributed by atoms with Crippen molar-refractivity contribution < 1.29 is 9.52 Å². The Balaban J connectivity index is 1.91. The predicted molar refractivity (Wildman–Crippen MR) is 61.4 cm³/mol. The van der Waals surface area contributed by atoms with Gasteiger partial charge in [-0.15, -0.1) is 0 Å². The fourth-order valence-corrected chi connectivity index (χ4v) is 2.16. The van der Waals surface area contributed by atoms with Gasteiger partial charge in [-0.2, -0.15) is 0 Å². The lowest BCUT2D eigenvalue weighted by molar-refractivity contribution is 0.253. The summed E-state index contributed by atoms with van der Waals surface area (Å²) < 4.78 is 5.41. The number of nitrogens with zero attached hydrogens (tertiary/aromatic N) is 2. The first kappa shape index (κ1) is 11.6. The molecule has 4 heteroatoms. The number of aromatic nitrogens is 1. The van der Waals surface area contributed by atoms with Gasteiger partial charge in [-0.1, -0.05) is 0 Å². The average molecular weight is 224 g/mol. The van der Waals surface area contributed by atoms with E-state index in [1.54, 1.807) is 6.26 Å². The van der Waals surface area contributed by atoms with Crippen molar-refractivity contribution in [2.75, 3.05) is 26.7 Å². The minimum Gasteiger partial charge on any atom is -0.449 e. The highest BCUT2D eigenvalue weighted by Crippen LogP contribution is 2.26. The first-order valence-corrected chi connectivity index (χ1v) is 6.03. The highest BCUT2D eigenvalue weighted by molar-refractivity contribution is 5.06. The van der Waals surface area contributed by atoms with Gasteiger partial charge in [0.15, 0.2) is 5.89 Å². The third-order valence-electron chi connectivity index (χ3n) is 3.26. The Morgan fingerprint density at radius 3 is 2.94 bits per heavy atom. The van der Waals surface area contributed by atoms with Gasteiger partial charge in [0.2, 0.25) is 0 Å². The van der Waals surface area contributed by atoms with Crippen LogP contribution in [0.4, 0.5) is 0 Å². The fraction of sp³-hybridized carbons (Fsp3) is 0.750. The van der Waals surface area contributed by atoms with Crippen molar-refractivity contribution in [1.82, 2.24) is 9.88 Å². The van der Waals surface area contributed by atoms with Gasteiger partial charge in [-0.05, 0) is 39.4 Å². The van der Waals surface area contributed by atoms with Gasteiger partial charge in [-0.25, -0.2) is 4.98 Å². The second-order valence-corrected chi connectivity index (χ2v) is 4.57. The number of aliphatic hydroxyl groups is 1. The SMILES string of the molecule is CN1CCC(c2coc(CCCO)n2)CC1. The monoisotopic (exact) mass is 224 g/mol. The van der Waals surface area contributed by atoms with Gasteiger partial charge in [0, 0.05) is 18.9 Å². The van der Waals surface area contributed by atoms with Crippen LogP contribution < -0.4 is 0 Å². The average Bonchev–Trinajstić information content (AvgIpc) is 2.76. The molecule has 1 N–H and O–H groups in total. The molecule has 1 saturated heterocycles.